The Morgan fingerprint density at radius 1 is 1.04 bits per heavy atom. The number of aromatic nitrogens is 3. The number of hydrogen-bond donors (Lipinski definition) is 0. The van der Waals surface area contributed by atoms with Gasteiger partial charge in [-0.25, -0.2) is 14.4 Å². The normalized spacial score (nSPS) is 13.2. The van der Waals surface area contributed by atoms with Crippen molar-refractivity contribution in [2.75, 3.05) is 11.4 Å². The number of pyridine rings is 1. The maximum absolute atomic E-state index is 13.6. The van der Waals surface area contributed by atoms with Gasteiger partial charge in [-0.05, 0) is 60.5 Å². The predicted molar refractivity (Wildman–Crippen MR) is 108 cm³/mol. The lowest BCUT2D eigenvalue weighted by Crippen LogP contribution is -2.16. The third-order valence-electron chi connectivity index (χ3n) is 4.75. The highest BCUT2D eigenvalue weighted by Gasteiger charge is 2.24. The average Bonchev–Trinajstić information content (AvgIpc) is 3.10. The Kier molecular flexibility index (Phi) is 3.86. The molecular formula is C21H14BrFN4. The van der Waals surface area contributed by atoms with E-state index in [2.05, 4.69) is 25.8 Å². The molecule has 0 unspecified atom stereocenters. The molecule has 3 heterocycles. The van der Waals surface area contributed by atoms with E-state index in [-0.39, 0.29) is 5.82 Å². The van der Waals surface area contributed by atoms with Crippen LogP contribution in [-0.2, 0) is 6.42 Å². The molecule has 0 bridgehead atoms. The van der Waals surface area contributed by atoms with E-state index >= 15 is 0 Å². The number of benzene rings is 2. The zero-order chi connectivity index (χ0) is 18.4. The van der Waals surface area contributed by atoms with Crippen LogP contribution in [0.5, 0.6) is 0 Å². The topological polar surface area (TPSA) is 41.9 Å². The minimum absolute atomic E-state index is 0.207. The van der Waals surface area contributed by atoms with Gasteiger partial charge < -0.3 is 4.90 Å². The van der Waals surface area contributed by atoms with Crippen LogP contribution in [0.1, 0.15) is 5.56 Å². The molecule has 0 atom stereocenters. The van der Waals surface area contributed by atoms with Gasteiger partial charge in [0.15, 0.2) is 5.82 Å². The van der Waals surface area contributed by atoms with Crippen LogP contribution in [0, 0.1) is 5.82 Å². The summed E-state index contributed by atoms with van der Waals surface area (Å²) < 4.78 is 14.6. The lowest BCUT2D eigenvalue weighted by atomic mass is 10.1. The van der Waals surface area contributed by atoms with Crippen LogP contribution in [0.25, 0.3) is 22.3 Å². The van der Waals surface area contributed by atoms with E-state index in [1.165, 1.54) is 6.07 Å². The van der Waals surface area contributed by atoms with Gasteiger partial charge in [0.2, 0.25) is 0 Å². The summed E-state index contributed by atoms with van der Waals surface area (Å²) in [5.41, 5.74) is 3.72. The molecule has 0 aliphatic carbocycles. The van der Waals surface area contributed by atoms with Crippen molar-refractivity contribution >= 4 is 38.3 Å². The molecule has 0 spiro atoms. The standard InChI is InChI=1S/C21H14BrFN4/c22-15-3-5-18-17(11-15)21(26-20(25-18)14-2-1-8-24-12-14)27-9-7-13-10-16(23)4-6-19(13)27/h1-6,8,10-12H,7,9H2. The molecule has 4 aromatic rings. The Hall–Kier alpha value is -2.86. The molecule has 0 N–H and O–H groups in total. The highest BCUT2D eigenvalue weighted by Crippen LogP contribution is 2.38. The van der Waals surface area contributed by atoms with E-state index in [4.69, 9.17) is 9.97 Å². The predicted octanol–water partition coefficient (Wildman–Crippen LogP) is 5.29. The second-order valence-corrected chi connectivity index (χ2v) is 7.36. The molecule has 0 radical (unpaired) electrons. The summed E-state index contributed by atoms with van der Waals surface area (Å²) >= 11 is 3.55. The van der Waals surface area contributed by atoms with Crippen LogP contribution in [0.3, 0.4) is 0 Å². The maximum atomic E-state index is 13.6. The van der Waals surface area contributed by atoms with Crippen molar-refractivity contribution in [3.05, 3.63) is 76.8 Å². The third-order valence-corrected chi connectivity index (χ3v) is 5.24. The van der Waals surface area contributed by atoms with Crippen molar-refractivity contribution in [3.8, 4) is 11.4 Å². The van der Waals surface area contributed by atoms with E-state index in [1.54, 1.807) is 18.5 Å². The molecule has 4 nitrogen and oxygen atoms in total. The van der Waals surface area contributed by atoms with E-state index in [9.17, 15) is 4.39 Å². The summed E-state index contributed by atoms with van der Waals surface area (Å²) in [7, 11) is 0. The maximum Gasteiger partial charge on any atom is 0.163 e. The van der Waals surface area contributed by atoms with E-state index in [1.807, 2.05) is 36.4 Å². The first-order valence-electron chi connectivity index (χ1n) is 8.63. The molecule has 5 rings (SSSR count). The Labute approximate surface area is 163 Å². The van der Waals surface area contributed by atoms with Crippen LogP contribution >= 0.6 is 15.9 Å². The first-order chi connectivity index (χ1) is 13.2. The highest BCUT2D eigenvalue weighted by molar-refractivity contribution is 9.10. The monoisotopic (exact) mass is 420 g/mol. The van der Waals surface area contributed by atoms with Crippen LogP contribution in [0.15, 0.2) is 65.4 Å². The smallest absolute Gasteiger partial charge is 0.163 e. The van der Waals surface area contributed by atoms with Crippen LogP contribution in [-0.4, -0.2) is 21.5 Å². The molecule has 1 aliphatic heterocycles. The van der Waals surface area contributed by atoms with Gasteiger partial charge >= 0.3 is 0 Å². The van der Waals surface area contributed by atoms with Gasteiger partial charge in [-0.1, -0.05) is 15.9 Å². The quantitative estimate of drug-likeness (QED) is 0.441. The van der Waals surface area contributed by atoms with E-state index < -0.39 is 0 Å². The summed E-state index contributed by atoms with van der Waals surface area (Å²) in [4.78, 5) is 15.9. The van der Waals surface area contributed by atoms with Crippen molar-refractivity contribution in [1.82, 2.24) is 15.0 Å². The first kappa shape index (κ1) is 16.3. The van der Waals surface area contributed by atoms with Gasteiger partial charge in [0.1, 0.15) is 11.6 Å². The average molecular weight is 421 g/mol. The summed E-state index contributed by atoms with van der Waals surface area (Å²) in [5, 5.41) is 0.953. The Morgan fingerprint density at radius 2 is 1.96 bits per heavy atom. The van der Waals surface area contributed by atoms with Gasteiger partial charge in [-0.2, -0.15) is 0 Å². The number of anilines is 2. The van der Waals surface area contributed by atoms with Crippen molar-refractivity contribution < 1.29 is 4.39 Å². The third kappa shape index (κ3) is 2.86. The lowest BCUT2D eigenvalue weighted by Gasteiger charge is -2.21. The van der Waals surface area contributed by atoms with Gasteiger partial charge in [0, 0.05) is 40.0 Å². The Bertz CT molecular complexity index is 1160. The van der Waals surface area contributed by atoms with Crippen molar-refractivity contribution in [3.63, 3.8) is 0 Å². The van der Waals surface area contributed by atoms with Crippen LogP contribution in [0.4, 0.5) is 15.9 Å². The van der Waals surface area contributed by atoms with Gasteiger partial charge in [-0.15, -0.1) is 0 Å². The fraction of sp³-hybridized carbons (Fsp3) is 0.0952. The molecule has 0 amide bonds. The lowest BCUT2D eigenvalue weighted by molar-refractivity contribution is 0.626. The zero-order valence-corrected chi connectivity index (χ0v) is 15.8. The van der Waals surface area contributed by atoms with Crippen molar-refractivity contribution in [1.29, 1.82) is 0 Å². The second kappa shape index (κ2) is 6.39. The number of fused-ring (bicyclic) bond motifs is 2. The Balaban J connectivity index is 1.75. The molecule has 2 aromatic carbocycles. The molecular weight excluding hydrogens is 407 g/mol. The largest absolute Gasteiger partial charge is 0.325 e. The summed E-state index contributed by atoms with van der Waals surface area (Å²) in [5.74, 6) is 1.25. The van der Waals surface area contributed by atoms with Gasteiger partial charge in [-0.3, -0.25) is 4.98 Å². The highest BCUT2D eigenvalue weighted by atomic mass is 79.9. The van der Waals surface area contributed by atoms with Crippen molar-refractivity contribution in [2.24, 2.45) is 0 Å². The molecule has 0 fully saturated rings. The molecule has 2 aromatic heterocycles. The van der Waals surface area contributed by atoms with E-state index in [0.717, 1.165) is 51.0 Å². The molecule has 6 heteroatoms. The SMILES string of the molecule is Fc1ccc2c(c1)CCN2c1nc(-c2cccnc2)nc2ccc(Br)cc12. The number of halogens is 2. The fourth-order valence-corrected chi connectivity index (χ4v) is 3.87. The zero-order valence-electron chi connectivity index (χ0n) is 14.2. The number of nitrogens with zero attached hydrogens (tertiary/aromatic N) is 4. The van der Waals surface area contributed by atoms with Gasteiger partial charge in [0.05, 0.1) is 5.52 Å². The minimum atomic E-state index is -0.207. The van der Waals surface area contributed by atoms with E-state index in [0.29, 0.717) is 5.82 Å². The molecule has 1 aliphatic rings. The van der Waals surface area contributed by atoms with Gasteiger partial charge in [0.25, 0.3) is 0 Å². The minimum Gasteiger partial charge on any atom is -0.325 e. The molecule has 0 saturated heterocycles. The summed E-state index contributed by atoms with van der Waals surface area (Å²) in [6.45, 7) is 0.754. The molecule has 132 valence electrons. The summed E-state index contributed by atoms with van der Waals surface area (Å²) in [6, 6.07) is 14.7. The first-order valence-corrected chi connectivity index (χ1v) is 9.42. The number of hydrogen-bond acceptors (Lipinski definition) is 4. The van der Waals surface area contributed by atoms with Crippen LogP contribution < -0.4 is 4.90 Å². The Morgan fingerprint density at radius 3 is 2.81 bits per heavy atom. The number of rotatable bonds is 2. The molecule has 27 heavy (non-hydrogen) atoms. The van der Waals surface area contributed by atoms with Crippen molar-refractivity contribution in [2.45, 2.75) is 6.42 Å². The molecule has 0 saturated carbocycles. The fourth-order valence-electron chi connectivity index (χ4n) is 3.50. The van der Waals surface area contributed by atoms with Crippen LogP contribution in [0.2, 0.25) is 0 Å². The summed E-state index contributed by atoms with van der Waals surface area (Å²) in [6.07, 6.45) is 4.28. The second-order valence-electron chi connectivity index (χ2n) is 6.45.